The van der Waals surface area contributed by atoms with Crippen molar-refractivity contribution < 1.29 is 0 Å². The van der Waals surface area contributed by atoms with Crippen LogP contribution in [0.15, 0.2) is 71.7 Å². The number of fused-ring (bicyclic) bond motifs is 2. The molecule has 21 heavy (non-hydrogen) atoms. The van der Waals surface area contributed by atoms with E-state index in [4.69, 9.17) is 4.99 Å². The Morgan fingerprint density at radius 1 is 0.810 bits per heavy atom. The van der Waals surface area contributed by atoms with Crippen molar-refractivity contribution in [3.8, 4) is 0 Å². The molecule has 1 heterocycles. The van der Waals surface area contributed by atoms with Crippen LogP contribution in [0.25, 0.3) is 10.8 Å². The number of benzene rings is 3. The minimum absolute atomic E-state index is 0.919. The number of hydrogen-bond donors (Lipinski definition) is 1. The molecule has 0 amide bonds. The van der Waals surface area contributed by atoms with Gasteiger partial charge in [-0.25, -0.2) is 0 Å². The maximum absolute atomic E-state index is 4.87. The van der Waals surface area contributed by atoms with Crippen LogP contribution in [-0.2, 0) is 0 Å². The van der Waals surface area contributed by atoms with Crippen molar-refractivity contribution in [2.75, 3.05) is 11.9 Å². The quantitative estimate of drug-likeness (QED) is 0.677. The van der Waals surface area contributed by atoms with Gasteiger partial charge >= 0.3 is 0 Å². The van der Waals surface area contributed by atoms with Crippen molar-refractivity contribution in [3.05, 3.63) is 72.3 Å². The van der Waals surface area contributed by atoms with Gasteiger partial charge in [0.05, 0.1) is 17.1 Å². The second-order valence-corrected chi connectivity index (χ2v) is 5.31. The minimum Gasteiger partial charge on any atom is -0.383 e. The summed E-state index contributed by atoms with van der Waals surface area (Å²) >= 11 is 0. The molecular weight excluding hydrogens is 256 g/mol. The third-order valence-corrected chi connectivity index (χ3v) is 3.92. The van der Waals surface area contributed by atoms with Gasteiger partial charge in [0.15, 0.2) is 0 Å². The Kier molecular flexibility index (Phi) is 2.93. The molecule has 3 aromatic rings. The van der Waals surface area contributed by atoms with Crippen molar-refractivity contribution >= 4 is 27.9 Å². The molecule has 2 heteroatoms. The zero-order valence-electron chi connectivity index (χ0n) is 11.7. The zero-order valence-corrected chi connectivity index (χ0v) is 11.7. The van der Waals surface area contributed by atoms with Crippen LogP contribution >= 0.6 is 0 Å². The second-order valence-electron chi connectivity index (χ2n) is 5.31. The average Bonchev–Trinajstić information content (AvgIpc) is 2.76. The largest absolute Gasteiger partial charge is 0.383 e. The lowest BCUT2D eigenvalue weighted by Gasteiger charge is -2.06. The lowest BCUT2D eigenvalue weighted by molar-refractivity contribution is 1.12. The fourth-order valence-corrected chi connectivity index (χ4v) is 2.82. The standard InChI is InChI=1S/C19H16N2/c1-2-6-15-13-16(10-9-14(15)5-1)17-11-12-20-18-7-3-4-8-19(18)21-17/h1-10,13,20H,11-12H2. The summed E-state index contributed by atoms with van der Waals surface area (Å²) in [6, 6.07) is 23.3. The summed E-state index contributed by atoms with van der Waals surface area (Å²) in [4.78, 5) is 4.87. The van der Waals surface area contributed by atoms with Crippen LogP contribution < -0.4 is 5.32 Å². The van der Waals surface area contributed by atoms with Gasteiger partial charge in [0.2, 0.25) is 0 Å². The fourth-order valence-electron chi connectivity index (χ4n) is 2.82. The van der Waals surface area contributed by atoms with Crippen molar-refractivity contribution in [1.29, 1.82) is 0 Å². The van der Waals surface area contributed by atoms with Gasteiger partial charge in [-0.2, -0.15) is 0 Å². The molecular formula is C19H16N2. The Bertz CT molecular complexity index is 834. The van der Waals surface area contributed by atoms with E-state index < -0.39 is 0 Å². The zero-order chi connectivity index (χ0) is 14.1. The highest BCUT2D eigenvalue weighted by Gasteiger charge is 2.11. The number of aliphatic imine (C=N–C) groups is 1. The van der Waals surface area contributed by atoms with E-state index in [0.29, 0.717) is 0 Å². The molecule has 0 aliphatic carbocycles. The minimum atomic E-state index is 0.919. The van der Waals surface area contributed by atoms with E-state index in [9.17, 15) is 0 Å². The van der Waals surface area contributed by atoms with Gasteiger partial charge in [0.1, 0.15) is 0 Å². The average molecular weight is 272 g/mol. The third-order valence-electron chi connectivity index (χ3n) is 3.92. The molecule has 1 aliphatic rings. The van der Waals surface area contributed by atoms with E-state index in [1.807, 2.05) is 12.1 Å². The van der Waals surface area contributed by atoms with Gasteiger partial charge in [-0.15, -0.1) is 0 Å². The number of para-hydroxylation sites is 2. The normalized spacial score (nSPS) is 14.0. The summed E-state index contributed by atoms with van der Waals surface area (Å²) < 4.78 is 0. The van der Waals surface area contributed by atoms with Gasteiger partial charge in [0, 0.05) is 13.0 Å². The number of rotatable bonds is 1. The molecule has 0 saturated heterocycles. The third kappa shape index (κ3) is 2.29. The Labute approximate surface area is 124 Å². The molecule has 0 atom stereocenters. The Morgan fingerprint density at radius 2 is 1.62 bits per heavy atom. The van der Waals surface area contributed by atoms with Crippen LogP contribution in [-0.4, -0.2) is 12.3 Å². The predicted octanol–water partition coefficient (Wildman–Crippen LogP) is 4.78. The monoisotopic (exact) mass is 272 g/mol. The lowest BCUT2D eigenvalue weighted by atomic mass is 10.0. The fraction of sp³-hybridized carbons (Fsp3) is 0.105. The highest BCUT2D eigenvalue weighted by Crippen LogP contribution is 2.28. The molecule has 4 rings (SSSR count). The molecule has 1 N–H and O–H groups in total. The van der Waals surface area contributed by atoms with Crippen LogP contribution in [0.4, 0.5) is 11.4 Å². The summed E-state index contributed by atoms with van der Waals surface area (Å²) in [5, 5.41) is 5.99. The van der Waals surface area contributed by atoms with Crippen LogP contribution in [0.3, 0.4) is 0 Å². The molecule has 0 aromatic heterocycles. The van der Waals surface area contributed by atoms with E-state index >= 15 is 0 Å². The van der Waals surface area contributed by atoms with Gasteiger partial charge in [-0.1, -0.05) is 48.5 Å². The maximum atomic E-state index is 4.87. The summed E-state index contributed by atoms with van der Waals surface area (Å²) in [6.07, 6.45) is 0.938. The van der Waals surface area contributed by atoms with Gasteiger partial charge in [-0.3, -0.25) is 4.99 Å². The van der Waals surface area contributed by atoms with Crippen LogP contribution in [0.5, 0.6) is 0 Å². The topological polar surface area (TPSA) is 24.4 Å². The first-order valence-electron chi connectivity index (χ1n) is 7.30. The highest BCUT2D eigenvalue weighted by molar-refractivity contribution is 6.06. The van der Waals surface area contributed by atoms with Crippen molar-refractivity contribution in [2.45, 2.75) is 6.42 Å². The molecule has 102 valence electrons. The van der Waals surface area contributed by atoms with E-state index in [1.54, 1.807) is 0 Å². The second kappa shape index (κ2) is 5.06. The van der Waals surface area contributed by atoms with Crippen LogP contribution in [0, 0.1) is 0 Å². The summed E-state index contributed by atoms with van der Waals surface area (Å²) in [7, 11) is 0. The molecule has 2 nitrogen and oxygen atoms in total. The van der Waals surface area contributed by atoms with Crippen LogP contribution in [0.1, 0.15) is 12.0 Å². The number of anilines is 1. The Hall–Kier alpha value is -2.61. The molecule has 0 radical (unpaired) electrons. The van der Waals surface area contributed by atoms with E-state index in [2.05, 4.69) is 59.9 Å². The molecule has 0 bridgehead atoms. The summed E-state index contributed by atoms with van der Waals surface area (Å²) in [6.45, 7) is 0.919. The molecule has 0 spiro atoms. The van der Waals surface area contributed by atoms with Crippen molar-refractivity contribution in [3.63, 3.8) is 0 Å². The Balaban J connectivity index is 1.82. The molecule has 0 saturated carbocycles. The SMILES string of the molecule is c1ccc2c(c1)N=C(c1ccc3ccccc3c1)CCN2. The summed E-state index contributed by atoms with van der Waals surface area (Å²) in [5.74, 6) is 0. The van der Waals surface area contributed by atoms with E-state index in [-0.39, 0.29) is 0 Å². The first kappa shape index (κ1) is 12.2. The van der Waals surface area contributed by atoms with Crippen molar-refractivity contribution in [2.24, 2.45) is 4.99 Å². The van der Waals surface area contributed by atoms with Gasteiger partial charge in [-0.05, 0) is 34.5 Å². The van der Waals surface area contributed by atoms with Gasteiger partial charge < -0.3 is 5.32 Å². The van der Waals surface area contributed by atoms with E-state index in [0.717, 1.165) is 30.1 Å². The molecule has 1 aliphatic heterocycles. The summed E-state index contributed by atoms with van der Waals surface area (Å²) in [5.41, 5.74) is 4.51. The number of hydrogen-bond acceptors (Lipinski definition) is 2. The highest BCUT2D eigenvalue weighted by atomic mass is 14.9. The first-order chi connectivity index (χ1) is 10.4. The van der Waals surface area contributed by atoms with Gasteiger partial charge in [0.25, 0.3) is 0 Å². The number of nitrogens with one attached hydrogen (secondary N) is 1. The molecule has 0 unspecified atom stereocenters. The number of nitrogens with zero attached hydrogens (tertiary/aromatic N) is 1. The Morgan fingerprint density at radius 3 is 2.57 bits per heavy atom. The van der Waals surface area contributed by atoms with E-state index in [1.165, 1.54) is 16.3 Å². The lowest BCUT2D eigenvalue weighted by Crippen LogP contribution is -2.06. The molecule has 0 fully saturated rings. The first-order valence-corrected chi connectivity index (χ1v) is 7.30. The maximum Gasteiger partial charge on any atom is 0.0864 e. The van der Waals surface area contributed by atoms with Crippen molar-refractivity contribution in [1.82, 2.24) is 0 Å². The molecule has 3 aromatic carbocycles. The smallest absolute Gasteiger partial charge is 0.0864 e. The predicted molar refractivity (Wildman–Crippen MR) is 89.7 cm³/mol. The van der Waals surface area contributed by atoms with Crippen LogP contribution in [0.2, 0.25) is 0 Å².